The molecule has 0 saturated carbocycles. The zero-order chi connectivity index (χ0) is 22.5. The van der Waals surface area contributed by atoms with Crippen molar-refractivity contribution in [1.82, 2.24) is 5.32 Å². The molecule has 5 nitrogen and oxygen atoms in total. The first-order valence-corrected chi connectivity index (χ1v) is 11.6. The molecule has 3 aromatic rings. The van der Waals surface area contributed by atoms with Crippen molar-refractivity contribution in [2.24, 2.45) is 4.99 Å². The van der Waals surface area contributed by atoms with Crippen molar-refractivity contribution in [1.29, 1.82) is 0 Å². The van der Waals surface area contributed by atoms with E-state index in [1.807, 2.05) is 66.7 Å². The Bertz CT molecular complexity index is 1210. The lowest BCUT2D eigenvalue weighted by molar-refractivity contribution is -0.115. The van der Waals surface area contributed by atoms with Gasteiger partial charge in [0.2, 0.25) is 0 Å². The monoisotopic (exact) mass is 528 g/mol. The largest absolute Gasteiger partial charge is 0.497 e. The van der Waals surface area contributed by atoms with Gasteiger partial charge >= 0.3 is 0 Å². The van der Waals surface area contributed by atoms with Crippen LogP contribution in [0.15, 0.2) is 81.1 Å². The Kier molecular flexibility index (Phi) is 7.19. The number of benzene rings is 3. The van der Waals surface area contributed by atoms with E-state index in [0.29, 0.717) is 27.5 Å². The third kappa shape index (κ3) is 5.54. The van der Waals surface area contributed by atoms with Gasteiger partial charge in [0.05, 0.1) is 17.7 Å². The summed E-state index contributed by atoms with van der Waals surface area (Å²) < 4.78 is 12.1. The third-order valence-electron chi connectivity index (χ3n) is 4.55. The maximum absolute atomic E-state index is 12.5. The Morgan fingerprint density at radius 3 is 2.66 bits per heavy atom. The van der Waals surface area contributed by atoms with Crippen molar-refractivity contribution in [2.45, 2.75) is 6.61 Å². The van der Waals surface area contributed by atoms with Gasteiger partial charge in [-0.1, -0.05) is 45.7 Å². The number of hydrogen-bond acceptors (Lipinski definition) is 5. The molecule has 0 aliphatic carbocycles. The summed E-state index contributed by atoms with van der Waals surface area (Å²) >= 11 is 11.0. The van der Waals surface area contributed by atoms with E-state index in [0.717, 1.165) is 27.0 Å². The third-order valence-corrected chi connectivity index (χ3v) is 6.33. The van der Waals surface area contributed by atoms with Gasteiger partial charge in [-0.05, 0) is 66.4 Å². The highest BCUT2D eigenvalue weighted by Gasteiger charge is 2.24. The van der Waals surface area contributed by atoms with E-state index in [9.17, 15) is 4.79 Å². The average molecular weight is 530 g/mol. The Morgan fingerprint density at radius 2 is 1.91 bits per heavy atom. The van der Waals surface area contributed by atoms with Crippen LogP contribution in [-0.4, -0.2) is 18.2 Å². The zero-order valence-electron chi connectivity index (χ0n) is 17.0. The van der Waals surface area contributed by atoms with Gasteiger partial charge in [0.25, 0.3) is 5.91 Å². The van der Waals surface area contributed by atoms with Crippen LogP contribution in [0.3, 0.4) is 0 Å². The molecule has 8 heteroatoms. The number of halogens is 2. The number of methoxy groups -OCH3 is 1. The van der Waals surface area contributed by atoms with Gasteiger partial charge in [-0.3, -0.25) is 4.79 Å². The Labute approximate surface area is 203 Å². The van der Waals surface area contributed by atoms with E-state index in [1.54, 1.807) is 13.2 Å². The Morgan fingerprint density at radius 1 is 1.12 bits per heavy atom. The quantitative estimate of drug-likeness (QED) is 0.366. The van der Waals surface area contributed by atoms with Crippen LogP contribution in [0.5, 0.6) is 11.5 Å². The number of carbonyl (C=O) groups excluding carboxylic acids is 1. The molecular formula is C24H18BrClN2O3S. The van der Waals surface area contributed by atoms with Gasteiger partial charge in [0.15, 0.2) is 5.17 Å². The number of aliphatic imine (C=N–C) groups is 1. The SMILES string of the molecule is COc1ccc(N=C2NC(=O)C(=Cc3cc(Br)ccc3OCc3ccccc3Cl)S2)cc1. The number of ether oxygens (including phenoxy) is 2. The molecular weight excluding hydrogens is 512 g/mol. The topological polar surface area (TPSA) is 59.9 Å². The molecule has 0 radical (unpaired) electrons. The minimum atomic E-state index is -0.209. The van der Waals surface area contributed by atoms with Crippen molar-refractivity contribution in [2.75, 3.05) is 7.11 Å². The number of thioether (sulfide) groups is 1. The molecule has 162 valence electrons. The van der Waals surface area contributed by atoms with Crippen molar-refractivity contribution in [3.63, 3.8) is 0 Å². The highest BCUT2D eigenvalue weighted by atomic mass is 79.9. The first-order valence-electron chi connectivity index (χ1n) is 9.61. The van der Waals surface area contributed by atoms with Gasteiger partial charge in [0, 0.05) is 20.6 Å². The van der Waals surface area contributed by atoms with Crippen LogP contribution in [0.25, 0.3) is 6.08 Å². The average Bonchev–Trinajstić information content (AvgIpc) is 3.13. The fourth-order valence-corrected chi connectivity index (χ4v) is 4.33. The van der Waals surface area contributed by atoms with Crippen LogP contribution >= 0.6 is 39.3 Å². The van der Waals surface area contributed by atoms with Crippen LogP contribution in [-0.2, 0) is 11.4 Å². The summed E-state index contributed by atoms with van der Waals surface area (Å²) in [5, 5.41) is 3.97. The summed E-state index contributed by atoms with van der Waals surface area (Å²) in [4.78, 5) is 17.6. The van der Waals surface area contributed by atoms with Crippen LogP contribution < -0.4 is 14.8 Å². The smallest absolute Gasteiger partial charge is 0.264 e. The van der Waals surface area contributed by atoms with Gasteiger partial charge < -0.3 is 14.8 Å². The molecule has 0 unspecified atom stereocenters. The summed E-state index contributed by atoms with van der Waals surface area (Å²) in [6, 6.07) is 20.5. The van der Waals surface area contributed by atoms with Crippen molar-refractivity contribution in [3.05, 3.63) is 92.3 Å². The number of nitrogens with zero attached hydrogens (tertiary/aromatic N) is 1. The van der Waals surface area contributed by atoms with E-state index < -0.39 is 0 Å². The summed E-state index contributed by atoms with van der Waals surface area (Å²) in [5.41, 5.74) is 2.38. The van der Waals surface area contributed by atoms with Crippen LogP contribution in [0.2, 0.25) is 5.02 Å². The molecule has 0 atom stereocenters. The molecule has 1 aliphatic heterocycles. The summed E-state index contributed by atoms with van der Waals surface area (Å²) in [6.45, 7) is 0.320. The molecule has 1 N–H and O–H groups in total. The summed E-state index contributed by atoms with van der Waals surface area (Å²) in [6.07, 6.45) is 1.79. The number of nitrogens with one attached hydrogen (secondary N) is 1. The van der Waals surface area contributed by atoms with E-state index >= 15 is 0 Å². The minimum absolute atomic E-state index is 0.209. The molecule has 32 heavy (non-hydrogen) atoms. The number of amidine groups is 1. The second-order valence-electron chi connectivity index (χ2n) is 6.74. The zero-order valence-corrected chi connectivity index (χ0v) is 20.1. The fraction of sp³-hybridized carbons (Fsp3) is 0.0833. The normalized spacial score (nSPS) is 15.8. The molecule has 0 spiro atoms. The second-order valence-corrected chi connectivity index (χ2v) is 9.10. The van der Waals surface area contributed by atoms with Gasteiger partial charge in [-0.2, -0.15) is 0 Å². The van der Waals surface area contributed by atoms with E-state index in [4.69, 9.17) is 21.1 Å². The lowest BCUT2D eigenvalue weighted by Crippen LogP contribution is -2.19. The molecule has 1 heterocycles. The minimum Gasteiger partial charge on any atom is -0.497 e. The van der Waals surface area contributed by atoms with E-state index in [1.165, 1.54) is 11.8 Å². The van der Waals surface area contributed by atoms with E-state index in [-0.39, 0.29) is 5.91 Å². The molecule has 4 rings (SSSR count). The lowest BCUT2D eigenvalue weighted by atomic mass is 10.2. The van der Waals surface area contributed by atoms with Crippen LogP contribution in [0.4, 0.5) is 5.69 Å². The van der Waals surface area contributed by atoms with Crippen molar-refractivity contribution < 1.29 is 14.3 Å². The number of hydrogen-bond donors (Lipinski definition) is 1. The fourth-order valence-electron chi connectivity index (χ4n) is 2.93. The van der Waals surface area contributed by atoms with Gasteiger partial charge in [-0.25, -0.2) is 4.99 Å². The first kappa shape index (κ1) is 22.5. The van der Waals surface area contributed by atoms with Gasteiger partial charge in [-0.15, -0.1) is 0 Å². The van der Waals surface area contributed by atoms with Crippen molar-refractivity contribution >= 4 is 62.1 Å². The summed E-state index contributed by atoms with van der Waals surface area (Å²) in [5.74, 6) is 1.19. The number of rotatable bonds is 6. The summed E-state index contributed by atoms with van der Waals surface area (Å²) in [7, 11) is 1.61. The molecule has 1 aliphatic rings. The Hall–Kier alpha value is -2.74. The highest BCUT2D eigenvalue weighted by Crippen LogP contribution is 2.33. The number of amides is 1. The highest BCUT2D eigenvalue weighted by molar-refractivity contribution is 9.10. The first-order chi connectivity index (χ1) is 15.5. The Balaban J connectivity index is 1.55. The van der Waals surface area contributed by atoms with Crippen LogP contribution in [0, 0.1) is 0 Å². The molecule has 1 saturated heterocycles. The lowest BCUT2D eigenvalue weighted by Gasteiger charge is -2.11. The maximum Gasteiger partial charge on any atom is 0.264 e. The predicted octanol–water partition coefficient (Wildman–Crippen LogP) is 6.58. The van der Waals surface area contributed by atoms with Crippen LogP contribution in [0.1, 0.15) is 11.1 Å². The molecule has 0 bridgehead atoms. The van der Waals surface area contributed by atoms with E-state index in [2.05, 4.69) is 26.2 Å². The predicted molar refractivity (Wildman–Crippen MR) is 134 cm³/mol. The molecule has 0 aromatic heterocycles. The molecule has 3 aromatic carbocycles. The molecule has 1 amide bonds. The second kappa shape index (κ2) is 10.3. The van der Waals surface area contributed by atoms with Crippen molar-refractivity contribution in [3.8, 4) is 11.5 Å². The molecule has 1 fully saturated rings. The van der Waals surface area contributed by atoms with Gasteiger partial charge in [0.1, 0.15) is 18.1 Å². The maximum atomic E-state index is 12.5. The standard InChI is InChI=1S/C24H18BrClN2O3S/c1-30-19-9-7-18(8-10-19)27-24-28-23(29)22(32-24)13-16-12-17(25)6-11-21(16)31-14-15-4-2-3-5-20(15)26/h2-13H,14H2,1H3,(H,27,28,29). The number of carbonyl (C=O) groups is 1.